The number of aromatic nitrogens is 2. The molecule has 0 aliphatic heterocycles. The van der Waals surface area contributed by atoms with E-state index in [-0.39, 0.29) is 6.04 Å². The number of methoxy groups -OCH3 is 2. The van der Waals surface area contributed by atoms with Crippen molar-refractivity contribution in [3.8, 4) is 0 Å². The second kappa shape index (κ2) is 4.86. The molecule has 0 spiro atoms. The van der Waals surface area contributed by atoms with Gasteiger partial charge in [0.15, 0.2) is 6.29 Å². The summed E-state index contributed by atoms with van der Waals surface area (Å²) in [6.07, 6.45) is 4.27. The van der Waals surface area contributed by atoms with Crippen molar-refractivity contribution >= 4 is 0 Å². The molecule has 5 heteroatoms. The van der Waals surface area contributed by atoms with E-state index in [1.807, 2.05) is 0 Å². The van der Waals surface area contributed by atoms with Crippen molar-refractivity contribution in [1.29, 1.82) is 0 Å². The molecule has 5 nitrogen and oxygen atoms in total. The average Bonchev–Trinajstić information content (AvgIpc) is 2.21. The van der Waals surface area contributed by atoms with Gasteiger partial charge in [0, 0.05) is 32.2 Å². The van der Waals surface area contributed by atoms with E-state index in [1.54, 1.807) is 12.4 Å². The van der Waals surface area contributed by atoms with Crippen molar-refractivity contribution in [2.75, 3.05) is 14.2 Å². The summed E-state index contributed by atoms with van der Waals surface area (Å²) in [4.78, 5) is 7.71. The van der Waals surface area contributed by atoms with Crippen molar-refractivity contribution in [2.24, 2.45) is 5.73 Å². The lowest BCUT2D eigenvalue weighted by Crippen LogP contribution is -2.29. The molecular formula is C8H13N3O2. The normalized spacial score (nSPS) is 13.2. The summed E-state index contributed by atoms with van der Waals surface area (Å²) in [5.74, 6) is 0. The van der Waals surface area contributed by atoms with Crippen molar-refractivity contribution < 1.29 is 9.47 Å². The zero-order valence-corrected chi connectivity index (χ0v) is 7.68. The maximum Gasteiger partial charge on any atom is 0.176 e. The fourth-order valence-electron chi connectivity index (χ4n) is 1.03. The molecule has 0 saturated carbocycles. The van der Waals surface area contributed by atoms with Crippen molar-refractivity contribution in [3.05, 3.63) is 24.3 Å². The first-order valence-corrected chi connectivity index (χ1v) is 3.85. The number of rotatable bonds is 4. The molecule has 2 N–H and O–H groups in total. The quantitative estimate of drug-likeness (QED) is 0.670. The van der Waals surface area contributed by atoms with Gasteiger partial charge in [-0.15, -0.1) is 0 Å². The fraction of sp³-hybridized carbons (Fsp3) is 0.500. The molecule has 0 amide bonds. The first-order valence-electron chi connectivity index (χ1n) is 3.85. The van der Waals surface area contributed by atoms with Gasteiger partial charge >= 0.3 is 0 Å². The minimum Gasteiger partial charge on any atom is -0.354 e. The maximum atomic E-state index is 5.83. The molecule has 1 heterocycles. The van der Waals surface area contributed by atoms with Gasteiger partial charge in [0.1, 0.15) is 6.33 Å². The predicted octanol–water partition coefficient (Wildman–Crippen LogP) is 0.0953. The van der Waals surface area contributed by atoms with Gasteiger partial charge in [-0.05, 0) is 0 Å². The van der Waals surface area contributed by atoms with Gasteiger partial charge in [0.05, 0.1) is 6.04 Å². The molecule has 0 radical (unpaired) electrons. The lowest BCUT2D eigenvalue weighted by molar-refractivity contribution is -0.117. The van der Waals surface area contributed by atoms with Gasteiger partial charge < -0.3 is 15.2 Å². The highest BCUT2D eigenvalue weighted by atomic mass is 16.7. The first-order chi connectivity index (χ1) is 6.29. The van der Waals surface area contributed by atoms with Crippen LogP contribution in [0.5, 0.6) is 0 Å². The Labute approximate surface area is 76.9 Å². The summed E-state index contributed by atoms with van der Waals surface area (Å²) in [5.41, 5.74) is 6.62. The van der Waals surface area contributed by atoms with Crippen LogP contribution in [0.2, 0.25) is 0 Å². The third kappa shape index (κ3) is 2.45. The third-order valence-corrected chi connectivity index (χ3v) is 1.72. The Morgan fingerprint density at radius 1 is 1.23 bits per heavy atom. The largest absolute Gasteiger partial charge is 0.354 e. The van der Waals surface area contributed by atoms with Crippen LogP contribution in [0, 0.1) is 0 Å². The number of hydrogen-bond donors (Lipinski definition) is 1. The highest BCUT2D eigenvalue weighted by molar-refractivity contribution is 5.09. The zero-order valence-electron chi connectivity index (χ0n) is 7.68. The molecule has 1 atom stereocenters. The number of nitrogens with zero attached hydrogens (tertiary/aromatic N) is 2. The topological polar surface area (TPSA) is 70.3 Å². The second-order valence-corrected chi connectivity index (χ2v) is 2.54. The molecule has 13 heavy (non-hydrogen) atoms. The lowest BCUT2D eigenvalue weighted by atomic mass is 10.1. The fourth-order valence-corrected chi connectivity index (χ4v) is 1.03. The second-order valence-electron chi connectivity index (χ2n) is 2.54. The molecule has 0 bridgehead atoms. The highest BCUT2D eigenvalue weighted by Crippen LogP contribution is 2.14. The Bertz CT molecular complexity index is 238. The summed E-state index contributed by atoms with van der Waals surface area (Å²) < 4.78 is 10.0. The van der Waals surface area contributed by atoms with E-state index in [0.717, 1.165) is 5.56 Å². The van der Waals surface area contributed by atoms with E-state index in [1.165, 1.54) is 20.5 Å². The smallest absolute Gasteiger partial charge is 0.176 e. The van der Waals surface area contributed by atoms with Crippen LogP contribution in [0.3, 0.4) is 0 Å². The Morgan fingerprint density at radius 3 is 2.23 bits per heavy atom. The van der Waals surface area contributed by atoms with Crippen LogP contribution in [0.15, 0.2) is 18.7 Å². The van der Waals surface area contributed by atoms with Gasteiger partial charge in [-0.3, -0.25) is 0 Å². The van der Waals surface area contributed by atoms with Gasteiger partial charge in [0.2, 0.25) is 0 Å². The van der Waals surface area contributed by atoms with Crippen molar-refractivity contribution in [1.82, 2.24) is 9.97 Å². The van der Waals surface area contributed by atoms with Crippen molar-refractivity contribution in [3.63, 3.8) is 0 Å². The van der Waals surface area contributed by atoms with Crippen LogP contribution in [0.4, 0.5) is 0 Å². The average molecular weight is 183 g/mol. The molecule has 0 fully saturated rings. The first kappa shape index (κ1) is 10.0. The van der Waals surface area contributed by atoms with Crippen LogP contribution in [-0.4, -0.2) is 30.5 Å². The molecule has 0 aliphatic rings. The van der Waals surface area contributed by atoms with Gasteiger partial charge in [-0.25, -0.2) is 9.97 Å². The standard InChI is InChI=1S/C8H13N3O2/c1-12-8(13-2)7(9)6-3-10-5-11-4-6/h3-5,7-8H,9H2,1-2H3. The third-order valence-electron chi connectivity index (χ3n) is 1.72. The molecule has 1 rings (SSSR count). The summed E-state index contributed by atoms with van der Waals surface area (Å²) in [5, 5.41) is 0. The van der Waals surface area contributed by atoms with Crippen LogP contribution >= 0.6 is 0 Å². The van der Waals surface area contributed by atoms with Crippen molar-refractivity contribution in [2.45, 2.75) is 12.3 Å². The summed E-state index contributed by atoms with van der Waals surface area (Å²) in [6, 6.07) is -0.365. The molecule has 0 saturated heterocycles. The minimum absolute atomic E-state index is 0.365. The molecule has 0 aromatic carbocycles. The predicted molar refractivity (Wildman–Crippen MR) is 46.8 cm³/mol. The Kier molecular flexibility index (Phi) is 3.75. The SMILES string of the molecule is COC(OC)C(N)c1cncnc1. The Morgan fingerprint density at radius 2 is 1.77 bits per heavy atom. The van der Waals surface area contributed by atoms with E-state index < -0.39 is 6.29 Å². The molecule has 72 valence electrons. The summed E-state index contributed by atoms with van der Waals surface area (Å²) in [7, 11) is 3.08. The number of hydrogen-bond acceptors (Lipinski definition) is 5. The van der Waals surface area contributed by atoms with E-state index in [0.29, 0.717) is 0 Å². The minimum atomic E-state index is -0.467. The maximum absolute atomic E-state index is 5.83. The Balaban J connectivity index is 2.72. The monoisotopic (exact) mass is 183 g/mol. The summed E-state index contributed by atoms with van der Waals surface area (Å²) >= 11 is 0. The number of nitrogens with two attached hydrogens (primary N) is 1. The van der Waals surface area contributed by atoms with Gasteiger partial charge in [-0.1, -0.05) is 0 Å². The van der Waals surface area contributed by atoms with E-state index in [4.69, 9.17) is 15.2 Å². The van der Waals surface area contributed by atoms with E-state index in [9.17, 15) is 0 Å². The van der Waals surface area contributed by atoms with Crippen LogP contribution in [0.1, 0.15) is 11.6 Å². The molecule has 1 aromatic rings. The van der Waals surface area contributed by atoms with E-state index in [2.05, 4.69) is 9.97 Å². The van der Waals surface area contributed by atoms with Crippen LogP contribution in [-0.2, 0) is 9.47 Å². The molecular weight excluding hydrogens is 170 g/mol. The summed E-state index contributed by atoms with van der Waals surface area (Å²) in [6.45, 7) is 0. The molecule has 1 aromatic heterocycles. The van der Waals surface area contributed by atoms with E-state index >= 15 is 0 Å². The van der Waals surface area contributed by atoms with Gasteiger partial charge in [-0.2, -0.15) is 0 Å². The van der Waals surface area contributed by atoms with Gasteiger partial charge in [0.25, 0.3) is 0 Å². The molecule has 0 aliphatic carbocycles. The van der Waals surface area contributed by atoms with Crippen LogP contribution in [0.25, 0.3) is 0 Å². The highest BCUT2D eigenvalue weighted by Gasteiger charge is 2.18. The Hall–Kier alpha value is -1.04. The number of ether oxygens (including phenoxy) is 2. The zero-order chi connectivity index (χ0) is 9.68. The lowest BCUT2D eigenvalue weighted by Gasteiger charge is -2.20. The molecule has 1 unspecified atom stereocenters. The van der Waals surface area contributed by atoms with Crippen LogP contribution < -0.4 is 5.73 Å².